The van der Waals surface area contributed by atoms with Crippen LogP contribution in [-0.2, 0) is 17.7 Å². The van der Waals surface area contributed by atoms with E-state index in [2.05, 4.69) is 22.2 Å². The van der Waals surface area contributed by atoms with Crippen molar-refractivity contribution < 1.29 is 9.53 Å². The second kappa shape index (κ2) is 6.12. The van der Waals surface area contributed by atoms with Gasteiger partial charge in [0.25, 0.3) is 0 Å². The minimum absolute atomic E-state index is 0.342. The first kappa shape index (κ1) is 14.0. The van der Waals surface area contributed by atoms with Crippen molar-refractivity contribution in [3.63, 3.8) is 0 Å². The lowest BCUT2D eigenvalue weighted by atomic mass is 10.4. The topological polar surface area (TPSA) is 64.1 Å². The molecule has 0 fully saturated rings. The number of aromatic nitrogens is 2. The Morgan fingerprint density at radius 1 is 1.47 bits per heavy atom. The van der Waals surface area contributed by atoms with Gasteiger partial charge in [0.2, 0.25) is 0 Å². The number of hydrogen-bond acceptors (Lipinski definition) is 7. The van der Waals surface area contributed by atoms with Crippen LogP contribution in [0.1, 0.15) is 32.2 Å². The Labute approximate surface area is 119 Å². The molecule has 0 aliphatic heterocycles. The van der Waals surface area contributed by atoms with Crippen LogP contribution in [-0.4, -0.2) is 23.0 Å². The maximum atomic E-state index is 11.5. The van der Waals surface area contributed by atoms with Gasteiger partial charge in [0.05, 0.1) is 19.3 Å². The largest absolute Gasteiger partial charge is 0.465 e. The number of thiazole rings is 2. The molecule has 2 rings (SSSR count). The summed E-state index contributed by atoms with van der Waals surface area (Å²) in [6.45, 7) is 4.53. The summed E-state index contributed by atoms with van der Waals surface area (Å²) in [6.07, 6.45) is 2.90. The maximum Gasteiger partial charge on any atom is 0.350 e. The number of nitrogens with zero attached hydrogens (tertiary/aromatic N) is 2. The zero-order chi connectivity index (χ0) is 13.8. The Hall–Kier alpha value is -1.47. The Morgan fingerprint density at radius 3 is 2.89 bits per heavy atom. The molecule has 2 aromatic heterocycles. The van der Waals surface area contributed by atoms with Crippen molar-refractivity contribution in [2.75, 3.05) is 12.4 Å². The standard InChI is InChI=1S/C12H15N3O2S2/c1-4-8-5-13-9(18-8)6-14-12-15-7(2)10(19-12)11(16)17-3/h5H,4,6H2,1-3H3,(H,14,15). The zero-order valence-corrected chi connectivity index (χ0v) is 12.7. The van der Waals surface area contributed by atoms with Crippen LogP contribution in [0, 0.1) is 6.92 Å². The number of esters is 1. The zero-order valence-electron chi connectivity index (χ0n) is 11.0. The van der Waals surface area contributed by atoms with Gasteiger partial charge in [-0.15, -0.1) is 11.3 Å². The van der Waals surface area contributed by atoms with Gasteiger partial charge in [0.1, 0.15) is 9.88 Å². The molecule has 1 N–H and O–H groups in total. The van der Waals surface area contributed by atoms with Crippen LogP contribution >= 0.6 is 22.7 Å². The molecule has 102 valence electrons. The molecular formula is C12H15N3O2S2. The van der Waals surface area contributed by atoms with Crippen molar-refractivity contribution in [3.05, 3.63) is 26.7 Å². The second-order valence-corrected chi connectivity index (χ2v) is 6.05. The van der Waals surface area contributed by atoms with E-state index >= 15 is 0 Å². The molecule has 0 aliphatic rings. The summed E-state index contributed by atoms with van der Waals surface area (Å²) in [7, 11) is 1.37. The van der Waals surface area contributed by atoms with Gasteiger partial charge in [-0.25, -0.2) is 14.8 Å². The van der Waals surface area contributed by atoms with E-state index in [1.807, 2.05) is 6.20 Å². The monoisotopic (exact) mass is 297 g/mol. The number of carbonyl (C=O) groups is 1. The van der Waals surface area contributed by atoms with Crippen LogP contribution in [0.2, 0.25) is 0 Å². The molecule has 0 aliphatic carbocycles. The molecule has 2 aromatic rings. The van der Waals surface area contributed by atoms with Crippen LogP contribution in [0.15, 0.2) is 6.20 Å². The van der Waals surface area contributed by atoms with E-state index in [0.29, 0.717) is 22.2 Å². The number of aryl methyl sites for hydroxylation is 2. The summed E-state index contributed by atoms with van der Waals surface area (Å²) in [6, 6.07) is 0. The van der Waals surface area contributed by atoms with Crippen molar-refractivity contribution in [2.45, 2.75) is 26.8 Å². The SMILES string of the molecule is CCc1cnc(CNc2nc(C)c(C(=O)OC)s2)s1. The van der Waals surface area contributed by atoms with Crippen LogP contribution < -0.4 is 5.32 Å². The highest BCUT2D eigenvalue weighted by molar-refractivity contribution is 7.17. The average Bonchev–Trinajstić information content (AvgIpc) is 3.01. The highest BCUT2D eigenvalue weighted by Crippen LogP contribution is 2.24. The molecule has 0 spiro atoms. The summed E-state index contributed by atoms with van der Waals surface area (Å²) in [5.74, 6) is -0.342. The predicted molar refractivity (Wildman–Crippen MR) is 77.0 cm³/mol. The average molecular weight is 297 g/mol. The number of carbonyl (C=O) groups excluding carboxylic acids is 1. The molecule has 7 heteroatoms. The molecule has 0 saturated carbocycles. The van der Waals surface area contributed by atoms with Gasteiger partial charge in [0.15, 0.2) is 5.13 Å². The van der Waals surface area contributed by atoms with E-state index in [1.54, 1.807) is 18.3 Å². The van der Waals surface area contributed by atoms with Gasteiger partial charge in [-0.3, -0.25) is 0 Å². The molecule has 5 nitrogen and oxygen atoms in total. The van der Waals surface area contributed by atoms with Crippen LogP contribution in [0.25, 0.3) is 0 Å². The van der Waals surface area contributed by atoms with E-state index in [9.17, 15) is 4.79 Å². The van der Waals surface area contributed by atoms with E-state index in [-0.39, 0.29) is 5.97 Å². The fourth-order valence-electron chi connectivity index (χ4n) is 1.50. The fraction of sp³-hybridized carbons (Fsp3) is 0.417. The second-order valence-electron chi connectivity index (χ2n) is 3.85. The van der Waals surface area contributed by atoms with Crippen LogP contribution in [0.3, 0.4) is 0 Å². The van der Waals surface area contributed by atoms with Crippen molar-refractivity contribution in [1.82, 2.24) is 9.97 Å². The minimum Gasteiger partial charge on any atom is -0.465 e. The summed E-state index contributed by atoms with van der Waals surface area (Å²) in [5, 5.41) is 4.92. The van der Waals surface area contributed by atoms with E-state index in [1.165, 1.54) is 23.3 Å². The fourth-order valence-corrected chi connectivity index (χ4v) is 3.18. The summed E-state index contributed by atoms with van der Waals surface area (Å²) in [5.41, 5.74) is 0.688. The molecule has 0 amide bonds. The van der Waals surface area contributed by atoms with Gasteiger partial charge in [-0.05, 0) is 13.3 Å². The van der Waals surface area contributed by atoms with Crippen molar-refractivity contribution in [3.8, 4) is 0 Å². The molecule has 0 radical (unpaired) electrons. The smallest absolute Gasteiger partial charge is 0.350 e. The molecule has 0 aromatic carbocycles. The predicted octanol–water partition coefficient (Wildman–Crippen LogP) is 2.87. The number of nitrogens with one attached hydrogen (secondary N) is 1. The molecular weight excluding hydrogens is 282 g/mol. The third kappa shape index (κ3) is 3.30. The summed E-state index contributed by atoms with van der Waals surface area (Å²) in [4.78, 5) is 21.9. The third-order valence-corrected chi connectivity index (χ3v) is 4.74. The molecule has 2 heterocycles. The Kier molecular flexibility index (Phi) is 4.49. The first-order valence-electron chi connectivity index (χ1n) is 5.87. The lowest BCUT2D eigenvalue weighted by Crippen LogP contribution is -1.99. The normalized spacial score (nSPS) is 10.5. The van der Waals surface area contributed by atoms with E-state index in [4.69, 9.17) is 4.74 Å². The van der Waals surface area contributed by atoms with E-state index < -0.39 is 0 Å². The van der Waals surface area contributed by atoms with Gasteiger partial charge in [0, 0.05) is 11.1 Å². The summed E-state index contributed by atoms with van der Waals surface area (Å²) >= 11 is 2.99. The Bertz CT molecular complexity index is 577. The van der Waals surface area contributed by atoms with Crippen LogP contribution in [0.5, 0.6) is 0 Å². The lowest BCUT2D eigenvalue weighted by molar-refractivity contribution is 0.0605. The van der Waals surface area contributed by atoms with Gasteiger partial charge in [-0.1, -0.05) is 18.3 Å². The van der Waals surface area contributed by atoms with Gasteiger partial charge >= 0.3 is 5.97 Å². The molecule has 0 unspecified atom stereocenters. The number of anilines is 1. The van der Waals surface area contributed by atoms with Crippen molar-refractivity contribution in [2.24, 2.45) is 0 Å². The number of methoxy groups -OCH3 is 1. The Balaban J connectivity index is 2.01. The lowest BCUT2D eigenvalue weighted by Gasteiger charge is -1.97. The van der Waals surface area contributed by atoms with Gasteiger partial charge in [-0.2, -0.15) is 0 Å². The first-order valence-corrected chi connectivity index (χ1v) is 7.50. The maximum absolute atomic E-state index is 11.5. The van der Waals surface area contributed by atoms with E-state index in [0.717, 1.165) is 11.4 Å². The highest BCUT2D eigenvalue weighted by Gasteiger charge is 2.15. The first-order chi connectivity index (χ1) is 9.13. The number of ether oxygens (including phenoxy) is 1. The van der Waals surface area contributed by atoms with Crippen molar-refractivity contribution in [1.29, 1.82) is 0 Å². The molecule has 19 heavy (non-hydrogen) atoms. The molecule has 0 saturated heterocycles. The number of hydrogen-bond donors (Lipinski definition) is 1. The van der Waals surface area contributed by atoms with Gasteiger partial charge < -0.3 is 10.1 Å². The molecule has 0 atom stereocenters. The third-order valence-electron chi connectivity index (χ3n) is 2.51. The highest BCUT2D eigenvalue weighted by atomic mass is 32.1. The Morgan fingerprint density at radius 2 is 2.26 bits per heavy atom. The van der Waals surface area contributed by atoms with Crippen molar-refractivity contribution >= 4 is 33.8 Å². The summed E-state index contributed by atoms with van der Waals surface area (Å²) < 4.78 is 4.70. The molecule has 0 bridgehead atoms. The quantitative estimate of drug-likeness (QED) is 0.860. The number of rotatable bonds is 5. The minimum atomic E-state index is -0.342. The van der Waals surface area contributed by atoms with Crippen LogP contribution in [0.4, 0.5) is 5.13 Å².